The summed E-state index contributed by atoms with van der Waals surface area (Å²) >= 11 is 14.1. The van der Waals surface area contributed by atoms with Gasteiger partial charge >= 0.3 is 5.97 Å². The van der Waals surface area contributed by atoms with E-state index in [2.05, 4.69) is 14.1 Å². The summed E-state index contributed by atoms with van der Waals surface area (Å²) < 4.78 is 11.7. The number of fused-ring (bicyclic) bond motifs is 1. The first-order chi connectivity index (χ1) is 18.6. The Hall–Kier alpha value is -2.71. The predicted octanol–water partition coefficient (Wildman–Crippen LogP) is 6.43. The number of carbonyl (C=O) groups is 2. The Morgan fingerprint density at radius 2 is 1.72 bits per heavy atom. The van der Waals surface area contributed by atoms with Crippen molar-refractivity contribution in [3.8, 4) is 5.75 Å². The molecule has 0 aromatic heterocycles. The fourth-order valence-electron chi connectivity index (χ4n) is 4.59. The van der Waals surface area contributed by atoms with Crippen molar-refractivity contribution in [2.24, 2.45) is 0 Å². The molecule has 2 unspecified atom stereocenters. The van der Waals surface area contributed by atoms with Gasteiger partial charge in [0.1, 0.15) is 5.75 Å². The summed E-state index contributed by atoms with van der Waals surface area (Å²) in [5.74, 6) is -0.0111. The third-order valence-corrected chi connectivity index (χ3v) is 9.11. The van der Waals surface area contributed by atoms with Gasteiger partial charge in [-0.25, -0.2) is 0 Å². The van der Waals surface area contributed by atoms with Gasteiger partial charge in [-0.1, -0.05) is 59.6 Å². The van der Waals surface area contributed by atoms with Crippen LogP contribution in [-0.4, -0.2) is 63.3 Å². The number of hydrogen-bond acceptors (Lipinski definition) is 5. The van der Waals surface area contributed by atoms with Gasteiger partial charge in [0.25, 0.3) is 5.91 Å². The number of anilines is 1. The lowest BCUT2D eigenvalue weighted by Gasteiger charge is -2.34. The SMILES string of the molecule is COc1ccc(C2Sc3ccccc3N(CC[N+](C)(C)CCc3cccc(Cl)c3Cl)C(=O)C2OC(C)=O)cc1. The molecule has 0 fully saturated rings. The van der Waals surface area contributed by atoms with Crippen molar-refractivity contribution in [3.63, 3.8) is 0 Å². The number of halogens is 2. The normalized spacial score (nSPS) is 17.4. The van der Waals surface area contributed by atoms with Crippen molar-refractivity contribution in [2.75, 3.05) is 45.7 Å². The van der Waals surface area contributed by atoms with Gasteiger partial charge < -0.3 is 18.9 Å². The Bertz CT molecular complexity index is 1330. The lowest BCUT2D eigenvalue weighted by atomic mass is 10.1. The number of carbonyl (C=O) groups excluding carboxylic acids is 2. The second-order valence-electron chi connectivity index (χ2n) is 10.1. The van der Waals surface area contributed by atoms with Crippen LogP contribution in [0.15, 0.2) is 71.6 Å². The molecule has 1 heterocycles. The van der Waals surface area contributed by atoms with Crippen molar-refractivity contribution in [1.29, 1.82) is 0 Å². The van der Waals surface area contributed by atoms with E-state index >= 15 is 0 Å². The van der Waals surface area contributed by atoms with Gasteiger partial charge in [0, 0.05) is 18.2 Å². The van der Waals surface area contributed by atoms with E-state index in [-0.39, 0.29) is 5.91 Å². The highest BCUT2D eigenvalue weighted by molar-refractivity contribution is 7.99. The van der Waals surface area contributed by atoms with Crippen molar-refractivity contribution < 1.29 is 23.5 Å². The Balaban J connectivity index is 1.60. The summed E-state index contributed by atoms with van der Waals surface area (Å²) in [5.41, 5.74) is 2.70. The van der Waals surface area contributed by atoms with Gasteiger partial charge in [-0.05, 0) is 41.5 Å². The van der Waals surface area contributed by atoms with Gasteiger partial charge in [0.2, 0.25) is 0 Å². The van der Waals surface area contributed by atoms with E-state index in [0.717, 1.165) is 34.7 Å². The monoisotopic (exact) mass is 587 g/mol. The van der Waals surface area contributed by atoms with Gasteiger partial charge in [-0.15, -0.1) is 11.8 Å². The largest absolute Gasteiger partial charge is 0.497 e. The van der Waals surface area contributed by atoms with Crippen LogP contribution in [-0.2, 0) is 20.7 Å². The number of likely N-dealkylation sites (N-methyl/N-ethyl adjacent to an activating group) is 1. The van der Waals surface area contributed by atoms with Crippen LogP contribution < -0.4 is 9.64 Å². The molecule has 1 amide bonds. The molecule has 3 aromatic rings. The van der Waals surface area contributed by atoms with Crippen LogP contribution in [0.2, 0.25) is 10.0 Å². The van der Waals surface area contributed by atoms with Gasteiger partial charge in [0.05, 0.1) is 61.8 Å². The van der Waals surface area contributed by atoms with Crippen LogP contribution in [0.5, 0.6) is 5.75 Å². The van der Waals surface area contributed by atoms with E-state index in [1.54, 1.807) is 18.1 Å². The molecule has 206 valence electrons. The van der Waals surface area contributed by atoms with Crippen molar-refractivity contribution in [1.82, 2.24) is 0 Å². The van der Waals surface area contributed by atoms with Crippen LogP contribution in [0.3, 0.4) is 0 Å². The van der Waals surface area contributed by atoms with E-state index in [9.17, 15) is 9.59 Å². The summed E-state index contributed by atoms with van der Waals surface area (Å²) in [5, 5.41) is 0.721. The third-order valence-electron chi connectivity index (χ3n) is 6.88. The zero-order valence-corrected chi connectivity index (χ0v) is 24.9. The smallest absolute Gasteiger partial charge is 0.303 e. The maximum atomic E-state index is 14.1. The second-order valence-corrected chi connectivity index (χ2v) is 12.1. The summed E-state index contributed by atoms with van der Waals surface area (Å²) in [6.45, 7) is 3.29. The molecule has 1 aliphatic rings. The van der Waals surface area contributed by atoms with E-state index in [1.807, 2.05) is 60.7 Å². The lowest BCUT2D eigenvalue weighted by Crippen LogP contribution is -2.50. The zero-order valence-electron chi connectivity index (χ0n) is 22.5. The molecule has 3 aromatic carbocycles. The average molecular weight is 589 g/mol. The first kappa shape index (κ1) is 29.3. The number of para-hydroxylation sites is 1. The topological polar surface area (TPSA) is 55.8 Å². The van der Waals surface area contributed by atoms with E-state index in [4.69, 9.17) is 32.7 Å². The van der Waals surface area contributed by atoms with Crippen molar-refractivity contribution in [3.05, 3.63) is 87.9 Å². The van der Waals surface area contributed by atoms with E-state index in [1.165, 1.54) is 18.7 Å². The number of rotatable bonds is 9. The molecular formula is C30H33Cl2N2O4S+. The van der Waals surface area contributed by atoms with Crippen molar-refractivity contribution in [2.45, 2.75) is 29.6 Å². The Labute approximate surface area is 244 Å². The van der Waals surface area contributed by atoms with Crippen LogP contribution >= 0.6 is 35.0 Å². The van der Waals surface area contributed by atoms with Crippen LogP contribution in [0.25, 0.3) is 0 Å². The third kappa shape index (κ3) is 7.09. The Morgan fingerprint density at radius 1 is 1.00 bits per heavy atom. The summed E-state index contributed by atoms with van der Waals surface area (Å²) in [6, 6.07) is 21.1. The number of amides is 1. The molecule has 1 aliphatic heterocycles. The first-order valence-electron chi connectivity index (χ1n) is 12.7. The highest BCUT2D eigenvalue weighted by Crippen LogP contribution is 2.47. The fourth-order valence-corrected chi connectivity index (χ4v) is 6.32. The van der Waals surface area contributed by atoms with Gasteiger partial charge in [-0.2, -0.15) is 0 Å². The minimum Gasteiger partial charge on any atom is -0.497 e. The molecule has 4 rings (SSSR count). The molecule has 9 heteroatoms. The standard InChI is InChI=1S/C30H33Cl2N2O4S/c1-20(35)38-28-29(22-12-14-23(37-4)15-13-22)39-26-11-6-5-10-25(26)33(30(28)36)17-19-34(2,3)18-16-21-8-7-9-24(31)27(21)32/h5-15,28-29H,16-19H2,1-4H3/q+1. The molecule has 0 saturated carbocycles. The minimum atomic E-state index is -0.978. The number of methoxy groups -OCH3 is 1. The van der Waals surface area contributed by atoms with E-state index in [0.29, 0.717) is 33.4 Å². The first-order valence-corrected chi connectivity index (χ1v) is 14.4. The predicted molar refractivity (Wildman–Crippen MR) is 158 cm³/mol. The molecule has 2 atom stereocenters. The van der Waals surface area contributed by atoms with Crippen molar-refractivity contribution >= 4 is 52.5 Å². The summed E-state index contributed by atoms with van der Waals surface area (Å²) in [4.78, 5) is 29.0. The van der Waals surface area contributed by atoms with Crippen LogP contribution in [0, 0.1) is 0 Å². The minimum absolute atomic E-state index is 0.235. The molecule has 0 spiro atoms. The zero-order chi connectivity index (χ0) is 28.2. The molecule has 0 aliphatic carbocycles. The second kappa shape index (κ2) is 12.6. The number of nitrogens with zero attached hydrogens (tertiary/aromatic N) is 2. The molecular weight excluding hydrogens is 555 g/mol. The highest BCUT2D eigenvalue weighted by atomic mass is 35.5. The molecule has 6 nitrogen and oxygen atoms in total. The molecule has 39 heavy (non-hydrogen) atoms. The number of thioether (sulfide) groups is 1. The summed E-state index contributed by atoms with van der Waals surface area (Å²) in [6.07, 6.45) is -0.225. The van der Waals surface area contributed by atoms with E-state index < -0.39 is 17.3 Å². The van der Waals surface area contributed by atoms with Gasteiger partial charge in [0.15, 0.2) is 6.10 Å². The summed E-state index contributed by atoms with van der Waals surface area (Å²) in [7, 11) is 5.87. The number of quaternary nitrogens is 1. The number of hydrogen-bond donors (Lipinski definition) is 0. The molecule has 0 saturated heterocycles. The average Bonchev–Trinajstić information content (AvgIpc) is 3.02. The Morgan fingerprint density at radius 3 is 2.41 bits per heavy atom. The number of benzene rings is 3. The molecule has 0 N–H and O–H groups in total. The number of esters is 1. The molecule has 0 radical (unpaired) electrons. The quantitative estimate of drug-likeness (QED) is 0.213. The molecule has 0 bridgehead atoms. The highest BCUT2D eigenvalue weighted by Gasteiger charge is 2.41. The number of ether oxygens (including phenoxy) is 2. The van der Waals surface area contributed by atoms with Gasteiger partial charge in [-0.3, -0.25) is 9.59 Å². The fraction of sp³-hybridized carbons (Fsp3) is 0.333. The maximum Gasteiger partial charge on any atom is 0.303 e. The Kier molecular flexibility index (Phi) is 9.49. The van der Waals surface area contributed by atoms with Crippen LogP contribution in [0.1, 0.15) is 23.3 Å². The maximum absolute atomic E-state index is 14.1. The van der Waals surface area contributed by atoms with Crippen LogP contribution in [0.4, 0.5) is 5.69 Å². The lowest BCUT2D eigenvalue weighted by molar-refractivity contribution is -0.888.